The van der Waals surface area contributed by atoms with Crippen molar-refractivity contribution in [3.63, 3.8) is 0 Å². The Morgan fingerprint density at radius 3 is 2.52 bits per heavy atom. The molecular weight excluding hydrogens is 360 g/mol. The second-order valence-electron chi connectivity index (χ2n) is 9.89. The molecule has 0 saturated heterocycles. The lowest BCUT2D eigenvalue weighted by Crippen LogP contribution is -2.47. The molecule has 1 aliphatic heterocycles. The largest absolute Gasteiger partial charge is 0.366 e. The van der Waals surface area contributed by atoms with Gasteiger partial charge in [0.25, 0.3) is 0 Å². The molecule has 3 fully saturated rings. The number of hydrogen-bond donors (Lipinski definition) is 3. The van der Waals surface area contributed by atoms with Crippen LogP contribution in [0.25, 0.3) is 0 Å². The number of hydrogen-bond acceptors (Lipinski definition) is 4. The highest BCUT2D eigenvalue weighted by atomic mass is 16.1. The number of rotatable bonds is 4. The first-order valence-corrected chi connectivity index (χ1v) is 11.9. The Labute approximate surface area is 174 Å². The predicted octanol–water partition coefficient (Wildman–Crippen LogP) is 4.23. The monoisotopic (exact) mass is 396 g/mol. The van der Waals surface area contributed by atoms with E-state index in [1.165, 1.54) is 76.3 Å². The van der Waals surface area contributed by atoms with Crippen LogP contribution in [0.15, 0.2) is 18.2 Å². The number of carbonyl (C=O) groups is 1. The van der Waals surface area contributed by atoms with Gasteiger partial charge in [0.05, 0.1) is 18.0 Å². The zero-order valence-electron chi connectivity index (χ0n) is 17.5. The minimum absolute atomic E-state index is 0.359. The molecule has 1 aromatic carbocycles. The Morgan fingerprint density at radius 1 is 0.966 bits per heavy atom. The molecule has 3 aliphatic carbocycles. The maximum atomic E-state index is 11.4. The highest BCUT2D eigenvalue weighted by Gasteiger charge is 2.35. The second-order valence-corrected chi connectivity index (χ2v) is 9.89. The number of nitrogens with two attached hydrogens (primary N) is 1. The molecule has 1 heterocycles. The summed E-state index contributed by atoms with van der Waals surface area (Å²) in [4.78, 5) is 13.9. The Morgan fingerprint density at radius 2 is 1.72 bits per heavy atom. The van der Waals surface area contributed by atoms with Crippen LogP contribution in [0.4, 0.5) is 11.4 Å². The fourth-order valence-corrected chi connectivity index (χ4v) is 6.57. The van der Waals surface area contributed by atoms with Gasteiger partial charge >= 0.3 is 0 Å². The second kappa shape index (κ2) is 8.17. The van der Waals surface area contributed by atoms with Crippen LogP contribution in [0.3, 0.4) is 0 Å². The van der Waals surface area contributed by atoms with Crippen molar-refractivity contribution in [2.45, 2.75) is 88.8 Å². The van der Waals surface area contributed by atoms with Gasteiger partial charge in [0.15, 0.2) is 0 Å². The van der Waals surface area contributed by atoms with Gasteiger partial charge < -0.3 is 21.3 Å². The van der Waals surface area contributed by atoms with E-state index in [4.69, 9.17) is 5.73 Å². The minimum atomic E-state index is -0.359. The molecule has 4 aliphatic rings. The van der Waals surface area contributed by atoms with Crippen LogP contribution in [0.1, 0.15) is 81.0 Å². The zero-order valence-corrected chi connectivity index (χ0v) is 17.5. The van der Waals surface area contributed by atoms with Gasteiger partial charge in [-0.15, -0.1) is 0 Å². The van der Waals surface area contributed by atoms with Crippen molar-refractivity contribution in [3.8, 4) is 0 Å². The zero-order chi connectivity index (χ0) is 19.8. The van der Waals surface area contributed by atoms with Gasteiger partial charge in [0.1, 0.15) is 0 Å². The predicted molar refractivity (Wildman–Crippen MR) is 118 cm³/mol. The van der Waals surface area contributed by atoms with Crippen LogP contribution in [0, 0.1) is 11.8 Å². The number of nitrogens with one attached hydrogen (secondary N) is 2. The topological polar surface area (TPSA) is 70.4 Å². The highest BCUT2D eigenvalue weighted by Crippen LogP contribution is 2.41. The van der Waals surface area contributed by atoms with Gasteiger partial charge in [-0.1, -0.05) is 25.7 Å². The van der Waals surface area contributed by atoms with E-state index in [2.05, 4.69) is 21.6 Å². The minimum Gasteiger partial charge on any atom is -0.366 e. The molecular formula is C24H36N4O. The van der Waals surface area contributed by atoms with Gasteiger partial charge in [0, 0.05) is 23.7 Å². The molecule has 29 heavy (non-hydrogen) atoms. The van der Waals surface area contributed by atoms with E-state index in [1.807, 2.05) is 12.1 Å². The Balaban J connectivity index is 1.13. The average Bonchev–Trinajstić information content (AvgIpc) is 3.17. The molecule has 1 aromatic rings. The standard InChI is InChI=1S/C24H36N4O/c25-24(29)18-6-12-23-22(14-18)26-15-28(23)21-10-8-19(9-11-21)27-20-7-5-16-3-1-2-4-17(16)13-20/h6,12,14,16-17,19-21,26-27H,1-5,7-11,13,15H2,(H2,25,29). The van der Waals surface area contributed by atoms with E-state index >= 15 is 0 Å². The molecule has 3 unspecified atom stereocenters. The molecule has 0 bridgehead atoms. The van der Waals surface area contributed by atoms with Crippen LogP contribution in [0.5, 0.6) is 0 Å². The molecule has 0 radical (unpaired) electrons. The average molecular weight is 397 g/mol. The third kappa shape index (κ3) is 3.98. The molecule has 1 amide bonds. The summed E-state index contributed by atoms with van der Waals surface area (Å²) >= 11 is 0. The van der Waals surface area contributed by atoms with Crippen molar-refractivity contribution in [2.75, 3.05) is 16.9 Å². The lowest BCUT2D eigenvalue weighted by molar-refractivity contribution is 0.100. The van der Waals surface area contributed by atoms with E-state index in [9.17, 15) is 4.79 Å². The van der Waals surface area contributed by atoms with E-state index in [0.717, 1.165) is 30.2 Å². The van der Waals surface area contributed by atoms with E-state index in [-0.39, 0.29) is 5.91 Å². The number of fused-ring (bicyclic) bond motifs is 2. The summed E-state index contributed by atoms with van der Waals surface area (Å²) in [5.74, 6) is 1.68. The van der Waals surface area contributed by atoms with Crippen LogP contribution >= 0.6 is 0 Å². The van der Waals surface area contributed by atoms with Crippen molar-refractivity contribution < 1.29 is 4.79 Å². The van der Waals surface area contributed by atoms with Crippen molar-refractivity contribution in [3.05, 3.63) is 23.8 Å². The van der Waals surface area contributed by atoms with Gasteiger partial charge in [-0.2, -0.15) is 0 Å². The third-order valence-corrected chi connectivity index (χ3v) is 8.18. The molecule has 0 aromatic heterocycles. The van der Waals surface area contributed by atoms with Crippen LogP contribution in [-0.2, 0) is 0 Å². The van der Waals surface area contributed by atoms with Crippen molar-refractivity contribution in [2.24, 2.45) is 17.6 Å². The number of amides is 1. The molecule has 3 atom stereocenters. The van der Waals surface area contributed by atoms with Crippen LogP contribution in [0.2, 0.25) is 0 Å². The quantitative estimate of drug-likeness (QED) is 0.712. The number of primary amides is 1. The molecule has 5 rings (SSSR count). The van der Waals surface area contributed by atoms with Gasteiger partial charge in [-0.3, -0.25) is 4.79 Å². The summed E-state index contributed by atoms with van der Waals surface area (Å²) in [5.41, 5.74) is 8.28. The van der Waals surface area contributed by atoms with Gasteiger partial charge in [-0.05, 0) is 75.0 Å². The van der Waals surface area contributed by atoms with Crippen molar-refractivity contribution >= 4 is 17.3 Å². The first-order chi connectivity index (χ1) is 14.2. The van der Waals surface area contributed by atoms with Crippen molar-refractivity contribution in [1.29, 1.82) is 0 Å². The lowest BCUT2D eigenvalue weighted by atomic mass is 9.69. The Hall–Kier alpha value is -1.75. The fourth-order valence-electron chi connectivity index (χ4n) is 6.57. The molecule has 0 spiro atoms. The molecule has 4 N–H and O–H groups in total. The summed E-state index contributed by atoms with van der Waals surface area (Å²) in [6.07, 6.45) is 15.2. The maximum Gasteiger partial charge on any atom is 0.248 e. The third-order valence-electron chi connectivity index (χ3n) is 8.18. The Bertz CT molecular complexity index is 742. The fraction of sp³-hybridized carbons (Fsp3) is 0.708. The van der Waals surface area contributed by atoms with Gasteiger partial charge in [-0.25, -0.2) is 0 Å². The summed E-state index contributed by atoms with van der Waals surface area (Å²) < 4.78 is 0. The number of anilines is 2. The smallest absolute Gasteiger partial charge is 0.248 e. The Kier molecular flexibility index (Phi) is 5.42. The normalized spacial score (nSPS) is 34.2. The number of carbonyl (C=O) groups excluding carboxylic acids is 1. The van der Waals surface area contributed by atoms with Crippen LogP contribution < -0.4 is 21.3 Å². The molecule has 5 nitrogen and oxygen atoms in total. The molecule has 158 valence electrons. The molecule has 3 saturated carbocycles. The lowest BCUT2D eigenvalue weighted by Gasteiger charge is -2.42. The first kappa shape index (κ1) is 19.2. The first-order valence-electron chi connectivity index (χ1n) is 11.9. The SMILES string of the molecule is NC(=O)c1ccc2c(c1)NCN2C1CCC(NC2CCC3CCCCC3C2)CC1. The number of nitrogens with zero attached hydrogens (tertiary/aromatic N) is 1. The van der Waals surface area contributed by atoms with Gasteiger partial charge in [0.2, 0.25) is 5.91 Å². The maximum absolute atomic E-state index is 11.4. The molecule has 5 heteroatoms. The highest BCUT2D eigenvalue weighted by molar-refractivity contribution is 5.95. The van der Waals surface area contributed by atoms with Crippen LogP contribution in [-0.4, -0.2) is 30.7 Å². The summed E-state index contributed by atoms with van der Waals surface area (Å²) in [7, 11) is 0. The van der Waals surface area contributed by atoms with E-state index in [0.29, 0.717) is 17.6 Å². The summed E-state index contributed by atoms with van der Waals surface area (Å²) in [5, 5.41) is 7.50. The summed E-state index contributed by atoms with van der Waals surface area (Å²) in [6, 6.07) is 7.86. The van der Waals surface area contributed by atoms with E-state index in [1.54, 1.807) is 0 Å². The van der Waals surface area contributed by atoms with E-state index < -0.39 is 0 Å². The van der Waals surface area contributed by atoms with Crippen molar-refractivity contribution in [1.82, 2.24) is 5.32 Å². The summed E-state index contributed by atoms with van der Waals surface area (Å²) in [6.45, 7) is 0.839. The number of benzene rings is 1.